The number of hydrogen-bond acceptors (Lipinski definition) is 6. The van der Waals surface area contributed by atoms with E-state index < -0.39 is 4.92 Å². The van der Waals surface area contributed by atoms with Crippen LogP contribution in [0.5, 0.6) is 5.75 Å². The number of benzene rings is 1. The molecule has 7 nitrogen and oxygen atoms in total. The minimum atomic E-state index is -0.427. The fourth-order valence-electron chi connectivity index (χ4n) is 1.67. The minimum absolute atomic E-state index is 0.0408. The molecule has 0 aliphatic rings. The number of aromatic nitrogens is 2. The molecule has 0 aliphatic carbocycles. The molecular weight excluding hydrogens is 260 g/mol. The van der Waals surface area contributed by atoms with Crippen LogP contribution in [0.4, 0.5) is 11.5 Å². The third-order valence-corrected chi connectivity index (χ3v) is 2.79. The molecule has 0 saturated carbocycles. The first-order chi connectivity index (χ1) is 9.61. The molecule has 2 rings (SSSR count). The molecule has 0 fully saturated rings. The number of nitro groups is 1. The SMILES string of the molecule is CNc1cnc(COc2cccc([N+](=O)[O-])c2C)cn1. The third-order valence-electron chi connectivity index (χ3n) is 2.79. The third kappa shape index (κ3) is 3.00. The molecular formula is C13H14N4O3. The minimum Gasteiger partial charge on any atom is -0.487 e. The predicted octanol–water partition coefficient (Wildman–Crippen LogP) is 2.31. The lowest BCUT2D eigenvalue weighted by Crippen LogP contribution is -2.02. The molecule has 0 atom stereocenters. The number of anilines is 1. The van der Waals surface area contributed by atoms with Crippen LogP contribution in [-0.4, -0.2) is 21.9 Å². The monoisotopic (exact) mass is 274 g/mol. The van der Waals surface area contributed by atoms with Crippen LogP contribution < -0.4 is 10.1 Å². The number of nitro benzene ring substituents is 1. The zero-order valence-electron chi connectivity index (χ0n) is 11.2. The van der Waals surface area contributed by atoms with E-state index >= 15 is 0 Å². The van der Waals surface area contributed by atoms with Crippen LogP contribution >= 0.6 is 0 Å². The standard InChI is InChI=1S/C13H14N4O3/c1-9-11(17(18)19)4-3-5-12(9)20-8-10-6-16-13(14-2)7-15-10/h3-7H,8H2,1-2H3,(H,14,16). The Labute approximate surface area is 115 Å². The molecule has 0 spiro atoms. The van der Waals surface area contributed by atoms with Crippen molar-refractivity contribution in [2.75, 3.05) is 12.4 Å². The van der Waals surface area contributed by atoms with Gasteiger partial charge in [-0.2, -0.15) is 0 Å². The Morgan fingerprint density at radius 1 is 1.35 bits per heavy atom. The van der Waals surface area contributed by atoms with Crippen LogP contribution in [0.3, 0.4) is 0 Å². The molecule has 0 bridgehead atoms. The van der Waals surface area contributed by atoms with Gasteiger partial charge in [-0.25, -0.2) is 4.98 Å². The van der Waals surface area contributed by atoms with Crippen LogP contribution in [0.25, 0.3) is 0 Å². The van der Waals surface area contributed by atoms with Gasteiger partial charge >= 0.3 is 0 Å². The normalized spacial score (nSPS) is 10.1. The summed E-state index contributed by atoms with van der Waals surface area (Å²) in [7, 11) is 1.76. The first kappa shape index (κ1) is 13.7. The molecule has 0 unspecified atom stereocenters. The van der Waals surface area contributed by atoms with E-state index in [0.717, 1.165) is 0 Å². The summed E-state index contributed by atoms with van der Waals surface area (Å²) in [6.45, 7) is 1.86. The Hall–Kier alpha value is -2.70. The number of hydrogen-bond donors (Lipinski definition) is 1. The molecule has 0 radical (unpaired) electrons. The predicted molar refractivity (Wildman–Crippen MR) is 73.7 cm³/mol. The molecule has 104 valence electrons. The lowest BCUT2D eigenvalue weighted by molar-refractivity contribution is -0.385. The Morgan fingerprint density at radius 2 is 2.15 bits per heavy atom. The highest BCUT2D eigenvalue weighted by Crippen LogP contribution is 2.27. The highest BCUT2D eigenvalue weighted by molar-refractivity contribution is 5.48. The fraction of sp³-hybridized carbons (Fsp3) is 0.231. The van der Waals surface area contributed by atoms with Crippen molar-refractivity contribution < 1.29 is 9.66 Å². The maximum atomic E-state index is 10.8. The molecule has 1 aromatic carbocycles. The summed E-state index contributed by atoms with van der Waals surface area (Å²) in [5.74, 6) is 1.14. The highest BCUT2D eigenvalue weighted by Gasteiger charge is 2.14. The van der Waals surface area contributed by atoms with Crippen molar-refractivity contribution in [1.82, 2.24) is 9.97 Å². The van der Waals surface area contributed by atoms with E-state index in [9.17, 15) is 10.1 Å². The molecule has 2 aromatic rings. The molecule has 20 heavy (non-hydrogen) atoms. The summed E-state index contributed by atoms with van der Waals surface area (Å²) in [6, 6.07) is 4.73. The topological polar surface area (TPSA) is 90.2 Å². The van der Waals surface area contributed by atoms with E-state index in [1.54, 1.807) is 38.5 Å². The van der Waals surface area contributed by atoms with Crippen LogP contribution in [0.1, 0.15) is 11.3 Å². The maximum Gasteiger partial charge on any atom is 0.276 e. The Kier molecular flexibility index (Phi) is 4.09. The van der Waals surface area contributed by atoms with Crippen LogP contribution in [0.2, 0.25) is 0 Å². The van der Waals surface area contributed by atoms with Gasteiger partial charge in [-0.3, -0.25) is 15.1 Å². The van der Waals surface area contributed by atoms with Gasteiger partial charge in [-0.05, 0) is 13.0 Å². The van der Waals surface area contributed by atoms with Gasteiger partial charge in [0.15, 0.2) is 0 Å². The average molecular weight is 274 g/mol. The zero-order valence-corrected chi connectivity index (χ0v) is 11.2. The van der Waals surface area contributed by atoms with E-state index in [4.69, 9.17) is 4.74 Å². The fourth-order valence-corrected chi connectivity index (χ4v) is 1.67. The molecule has 1 aromatic heterocycles. The van der Waals surface area contributed by atoms with Gasteiger partial charge in [0.05, 0.1) is 28.6 Å². The van der Waals surface area contributed by atoms with Crippen LogP contribution in [0.15, 0.2) is 30.6 Å². The van der Waals surface area contributed by atoms with Crippen molar-refractivity contribution in [2.24, 2.45) is 0 Å². The second-order valence-corrected chi connectivity index (χ2v) is 4.09. The summed E-state index contributed by atoms with van der Waals surface area (Å²) in [4.78, 5) is 18.7. The van der Waals surface area contributed by atoms with E-state index in [2.05, 4.69) is 15.3 Å². The van der Waals surface area contributed by atoms with E-state index in [0.29, 0.717) is 22.8 Å². The van der Waals surface area contributed by atoms with Gasteiger partial charge in [-0.15, -0.1) is 0 Å². The van der Waals surface area contributed by atoms with Crippen LogP contribution in [0, 0.1) is 17.0 Å². The lowest BCUT2D eigenvalue weighted by atomic mass is 10.2. The molecule has 1 heterocycles. The molecule has 1 N–H and O–H groups in total. The van der Waals surface area contributed by atoms with Crippen molar-refractivity contribution in [3.8, 4) is 5.75 Å². The Bertz CT molecular complexity index is 614. The summed E-state index contributed by atoms with van der Waals surface area (Å²) >= 11 is 0. The summed E-state index contributed by atoms with van der Waals surface area (Å²) in [6.07, 6.45) is 3.19. The average Bonchev–Trinajstić information content (AvgIpc) is 2.46. The van der Waals surface area contributed by atoms with Gasteiger partial charge < -0.3 is 10.1 Å². The summed E-state index contributed by atoms with van der Waals surface area (Å²) in [5, 5.41) is 13.7. The van der Waals surface area contributed by atoms with Crippen molar-refractivity contribution in [3.05, 3.63) is 52.0 Å². The highest BCUT2D eigenvalue weighted by atomic mass is 16.6. The molecule has 0 saturated heterocycles. The second kappa shape index (κ2) is 5.96. The quantitative estimate of drug-likeness (QED) is 0.664. The largest absolute Gasteiger partial charge is 0.487 e. The number of ether oxygens (including phenoxy) is 1. The smallest absolute Gasteiger partial charge is 0.276 e. The second-order valence-electron chi connectivity index (χ2n) is 4.09. The van der Waals surface area contributed by atoms with Gasteiger partial charge in [0.25, 0.3) is 5.69 Å². The van der Waals surface area contributed by atoms with Crippen molar-refractivity contribution in [2.45, 2.75) is 13.5 Å². The van der Waals surface area contributed by atoms with Crippen molar-refractivity contribution in [3.63, 3.8) is 0 Å². The van der Waals surface area contributed by atoms with E-state index in [-0.39, 0.29) is 12.3 Å². The van der Waals surface area contributed by atoms with Crippen LogP contribution in [-0.2, 0) is 6.61 Å². The molecule has 0 aliphatic heterocycles. The first-order valence-electron chi connectivity index (χ1n) is 5.97. The van der Waals surface area contributed by atoms with Crippen molar-refractivity contribution in [1.29, 1.82) is 0 Å². The Balaban J connectivity index is 2.10. The summed E-state index contributed by atoms with van der Waals surface area (Å²) in [5.41, 5.74) is 1.19. The van der Waals surface area contributed by atoms with Crippen molar-refractivity contribution >= 4 is 11.5 Å². The molecule has 7 heteroatoms. The summed E-state index contributed by atoms with van der Waals surface area (Å²) < 4.78 is 5.56. The Morgan fingerprint density at radius 3 is 2.75 bits per heavy atom. The van der Waals surface area contributed by atoms with Gasteiger partial charge in [0.2, 0.25) is 0 Å². The maximum absolute atomic E-state index is 10.8. The number of nitrogens with zero attached hydrogens (tertiary/aromatic N) is 3. The molecule has 0 amide bonds. The van der Waals surface area contributed by atoms with Gasteiger partial charge in [-0.1, -0.05) is 6.07 Å². The zero-order chi connectivity index (χ0) is 14.5. The van der Waals surface area contributed by atoms with E-state index in [1.807, 2.05) is 0 Å². The first-order valence-corrected chi connectivity index (χ1v) is 5.97. The number of nitrogens with one attached hydrogen (secondary N) is 1. The van der Waals surface area contributed by atoms with E-state index in [1.165, 1.54) is 6.07 Å². The lowest BCUT2D eigenvalue weighted by Gasteiger charge is -2.08. The van der Waals surface area contributed by atoms with Gasteiger partial charge in [0.1, 0.15) is 18.2 Å². The van der Waals surface area contributed by atoms with Gasteiger partial charge in [0, 0.05) is 13.1 Å². The number of rotatable bonds is 5.